The van der Waals surface area contributed by atoms with Crippen molar-refractivity contribution >= 4 is 38.8 Å². The number of anilines is 1. The smallest absolute Gasteiger partial charge is 0.331 e. The van der Waals surface area contributed by atoms with Crippen LogP contribution in [0.4, 0.5) is 14.5 Å². The molecule has 1 unspecified atom stereocenters. The van der Waals surface area contributed by atoms with E-state index < -0.39 is 23.1 Å². The Labute approximate surface area is 244 Å². The summed E-state index contributed by atoms with van der Waals surface area (Å²) in [6.07, 6.45) is 4.53. The van der Waals surface area contributed by atoms with E-state index in [0.717, 1.165) is 69.7 Å². The van der Waals surface area contributed by atoms with Gasteiger partial charge in [0.1, 0.15) is 0 Å². The summed E-state index contributed by atoms with van der Waals surface area (Å²) in [5.74, 6) is 0. The lowest BCUT2D eigenvalue weighted by molar-refractivity contribution is 0.0501. The first-order valence-corrected chi connectivity index (χ1v) is 15.3. The molecule has 4 aromatic rings. The number of fused-ring (bicyclic) bond motifs is 2. The zero-order chi connectivity index (χ0) is 28.3. The standard InChI is InChI=1S/C30H30ClF2N5O2S/c31-19-12-18-2-1-10-37(20-3-8-34-15-20)26(18)23(13-19)22-4-9-35-24-14-21(41-27(22)24)16-38-25(39)5-11-36(29(38)40)17-30(6-7-30)28(32)33/h4-5,9,11-14,20,28,34H,1-3,6-8,10,15-17H2. The number of hydrogen-bond donors (Lipinski definition) is 1. The largest absolute Gasteiger partial charge is 0.366 e. The number of nitrogens with one attached hydrogen (secondary N) is 1. The molecule has 2 fully saturated rings. The van der Waals surface area contributed by atoms with Crippen molar-refractivity contribution in [3.8, 4) is 11.1 Å². The average Bonchev–Trinajstić information content (AvgIpc) is 3.34. The molecule has 1 aromatic carbocycles. The number of aryl methyl sites for hydroxylation is 1. The van der Waals surface area contributed by atoms with Gasteiger partial charge in [0.2, 0.25) is 6.43 Å². The highest BCUT2D eigenvalue weighted by Gasteiger charge is 2.51. The van der Waals surface area contributed by atoms with E-state index in [2.05, 4.69) is 21.3 Å². The van der Waals surface area contributed by atoms with Crippen LogP contribution in [0.25, 0.3) is 21.3 Å². The van der Waals surface area contributed by atoms with Gasteiger partial charge in [-0.2, -0.15) is 0 Å². The molecule has 1 atom stereocenters. The Morgan fingerprint density at radius 2 is 2.02 bits per heavy atom. The van der Waals surface area contributed by atoms with Crippen LogP contribution < -0.4 is 21.5 Å². The molecule has 1 aliphatic carbocycles. The van der Waals surface area contributed by atoms with Crippen molar-refractivity contribution < 1.29 is 8.78 Å². The Morgan fingerprint density at radius 3 is 2.78 bits per heavy atom. The number of rotatable bonds is 7. The van der Waals surface area contributed by atoms with E-state index in [4.69, 9.17) is 11.6 Å². The molecule has 3 aliphatic rings. The SMILES string of the molecule is O=c1ccn(CC2(C(F)F)CC2)c(=O)n1Cc1cc2nccc(-c3cc(Cl)cc4c3N(C3CCNC3)CCC4)c2s1. The topological polar surface area (TPSA) is 72.2 Å². The van der Waals surface area contributed by atoms with Gasteiger partial charge in [0.25, 0.3) is 5.56 Å². The number of hydrogen-bond acceptors (Lipinski definition) is 6. The molecule has 1 saturated carbocycles. The molecule has 41 heavy (non-hydrogen) atoms. The maximum Gasteiger partial charge on any atom is 0.331 e. The highest BCUT2D eigenvalue weighted by molar-refractivity contribution is 7.19. The van der Waals surface area contributed by atoms with Crippen LogP contribution in [0.2, 0.25) is 5.02 Å². The molecule has 0 spiro atoms. The van der Waals surface area contributed by atoms with Crippen LogP contribution in [-0.4, -0.2) is 46.2 Å². The lowest BCUT2D eigenvalue weighted by atomic mass is 9.92. The summed E-state index contributed by atoms with van der Waals surface area (Å²) in [5.41, 5.74) is 3.16. The zero-order valence-electron chi connectivity index (χ0n) is 22.4. The number of halogens is 3. The number of benzene rings is 1. The van der Waals surface area contributed by atoms with Crippen LogP contribution in [0.15, 0.2) is 52.3 Å². The minimum Gasteiger partial charge on any atom is -0.366 e. The van der Waals surface area contributed by atoms with Crippen molar-refractivity contribution in [3.05, 3.63) is 79.0 Å². The number of alkyl halides is 2. The molecular formula is C30H30ClF2N5O2S. The van der Waals surface area contributed by atoms with Gasteiger partial charge in [-0.25, -0.2) is 13.6 Å². The molecule has 0 radical (unpaired) electrons. The number of aromatic nitrogens is 3. The second kappa shape index (κ2) is 10.3. The molecule has 3 aromatic heterocycles. The molecule has 11 heteroatoms. The Balaban J connectivity index is 1.28. The van der Waals surface area contributed by atoms with Crippen LogP contribution >= 0.6 is 22.9 Å². The maximum atomic E-state index is 13.6. The van der Waals surface area contributed by atoms with Crippen molar-refractivity contribution in [3.63, 3.8) is 0 Å². The summed E-state index contributed by atoms with van der Waals surface area (Å²) in [6, 6.07) is 9.74. The quantitative estimate of drug-likeness (QED) is 0.319. The highest BCUT2D eigenvalue weighted by atomic mass is 35.5. The maximum absolute atomic E-state index is 13.6. The third-order valence-electron chi connectivity index (χ3n) is 8.81. The number of pyridine rings is 1. The van der Waals surface area contributed by atoms with Crippen molar-refractivity contribution in [2.45, 2.75) is 57.7 Å². The van der Waals surface area contributed by atoms with Crippen molar-refractivity contribution in [2.75, 3.05) is 24.5 Å². The van der Waals surface area contributed by atoms with Gasteiger partial charge in [0, 0.05) is 76.3 Å². The first-order chi connectivity index (χ1) is 19.8. The lowest BCUT2D eigenvalue weighted by Gasteiger charge is -2.38. The molecule has 2 aliphatic heterocycles. The van der Waals surface area contributed by atoms with Gasteiger partial charge < -0.3 is 10.2 Å². The highest BCUT2D eigenvalue weighted by Crippen LogP contribution is 2.51. The summed E-state index contributed by atoms with van der Waals surface area (Å²) in [4.78, 5) is 33.9. The summed E-state index contributed by atoms with van der Waals surface area (Å²) in [6.45, 7) is 2.92. The number of thiophene rings is 1. The lowest BCUT2D eigenvalue weighted by Crippen LogP contribution is -2.41. The van der Waals surface area contributed by atoms with Gasteiger partial charge in [0.15, 0.2) is 0 Å². The first kappa shape index (κ1) is 26.8. The molecule has 5 heterocycles. The van der Waals surface area contributed by atoms with Gasteiger partial charge in [-0.3, -0.25) is 18.9 Å². The van der Waals surface area contributed by atoms with E-state index in [1.165, 1.54) is 39.4 Å². The third kappa shape index (κ3) is 4.79. The molecule has 7 rings (SSSR count). The average molecular weight is 598 g/mol. The monoisotopic (exact) mass is 597 g/mol. The van der Waals surface area contributed by atoms with Crippen LogP contribution in [0.3, 0.4) is 0 Å². The predicted octanol–water partition coefficient (Wildman–Crippen LogP) is 5.15. The van der Waals surface area contributed by atoms with Gasteiger partial charge in [0.05, 0.1) is 16.8 Å². The third-order valence-corrected chi connectivity index (χ3v) is 10.2. The Morgan fingerprint density at radius 1 is 1.17 bits per heavy atom. The van der Waals surface area contributed by atoms with Gasteiger partial charge >= 0.3 is 5.69 Å². The second-order valence-electron chi connectivity index (χ2n) is 11.5. The Hall–Kier alpha value is -3.08. The van der Waals surface area contributed by atoms with Crippen molar-refractivity contribution in [1.29, 1.82) is 0 Å². The normalized spacial score (nSPS) is 19.7. The first-order valence-electron chi connectivity index (χ1n) is 14.1. The molecular weight excluding hydrogens is 568 g/mol. The summed E-state index contributed by atoms with van der Waals surface area (Å²) in [5, 5.41) is 4.19. The van der Waals surface area contributed by atoms with E-state index in [1.54, 1.807) is 6.20 Å². The fourth-order valence-electron chi connectivity index (χ4n) is 6.41. The van der Waals surface area contributed by atoms with E-state index in [-0.39, 0.29) is 13.1 Å². The predicted molar refractivity (Wildman–Crippen MR) is 159 cm³/mol. The molecule has 214 valence electrons. The van der Waals surface area contributed by atoms with Crippen LogP contribution in [0.1, 0.15) is 36.1 Å². The molecule has 0 bridgehead atoms. The Kier molecular flexibility index (Phi) is 6.75. The van der Waals surface area contributed by atoms with Crippen LogP contribution in [0.5, 0.6) is 0 Å². The van der Waals surface area contributed by atoms with Gasteiger partial charge in [-0.05, 0) is 68.5 Å². The van der Waals surface area contributed by atoms with E-state index in [9.17, 15) is 18.4 Å². The van der Waals surface area contributed by atoms with E-state index in [0.29, 0.717) is 23.9 Å². The summed E-state index contributed by atoms with van der Waals surface area (Å²) >= 11 is 8.15. The van der Waals surface area contributed by atoms with Gasteiger partial charge in [-0.15, -0.1) is 11.3 Å². The molecule has 1 N–H and O–H groups in total. The molecule has 0 amide bonds. The minimum atomic E-state index is -2.50. The molecule has 1 saturated heterocycles. The van der Waals surface area contributed by atoms with E-state index in [1.807, 2.05) is 18.2 Å². The van der Waals surface area contributed by atoms with Gasteiger partial charge in [-0.1, -0.05) is 11.6 Å². The Bertz CT molecular complexity index is 1760. The minimum absolute atomic E-state index is 0.0498. The van der Waals surface area contributed by atoms with E-state index >= 15 is 0 Å². The molecule has 7 nitrogen and oxygen atoms in total. The van der Waals surface area contributed by atoms with Crippen LogP contribution in [0, 0.1) is 5.41 Å². The van der Waals surface area contributed by atoms with Crippen molar-refractivity contribution in [2.24, 2.45) is 5.41 Å². The summed E-state index contributed by atoms with van der Waals surface area (Å²) in [7, 11) is 0. The zero-order valence-corrected chi connectivity index (χ0v) is 24.0. The second-order valence-corrected chi connectivity index (χ2v) is 13.1. The summed E-state index contributed by atoms with van der Waals surface area (Å²) < 4.78 is 30.4. The number of nitrogens with zero attached hydrogens (tertiary/aromatic N) is 4. The fraction of sp³-hybridized carbons (Fsp3) is 0.433. The van der Waals surface area contributed by atoms with Crippen LogP contribution in [-0.2, 0) is 19.5 Å². The fourth-order valence-corrected chi connectivity index (χ4v) is 7.79. The van der Waals surface area contributed by atoms with Crippen molar-refractivity contribution in [1.82, 2.24) is 19.4 Å².